The zero-order chi connectivity index (χ0) is 13.9. The van der Waals surface area contributed by atoms with E-state index in [1.54, 1.807) is 19.2 Å². The smallest absolute Gasteiger partial charge is 0.364 e. The molecule has 0 radical (unpaired) electrons. The van der Waals surface area contributed by atoms with Crippen LogP contribution in [0.2, 0.25) is 0 Å². The van der Waals surface area contributed by atoms with E-state index in [-0.39, 0.29) is 5.69 Å². The molecule has 0 fully saturated rings. The molecule has 0 aliphatic carbocycles. The monoisotopic (exact) mass is 271 g/mol. The van der Waals surface area contributed by atoms with E-state index in [1.165, 1.54) is 4.52 Å². The fourth-order valence-electron chi connectivity index (χ4n) is 1.87. The highest BCUT2D eigenvalue weighted by Gasteiger charge is 2.03. The second-order valence-electron chi connectivity index (χ2n) is 4.22. The van der Waals surface area contributed by atoms with E-state index in [4.69, 9.17) is 4.74 Å². The van der Waals surface area contributed by atoms with E-state index in [0.29, 0.717) is 18.0 Å². The fourth-order valence-corrected chi connectivity index (χ4v) is 1.87. The van der Waals surface area contributed by atoms with Gasteiger partial charge in [-0.25, -0.2) is 9.89 Å². The molecular formula is C13H13N5O2. The van der Waals surface area contributed by atoms with E-state index in [1.807, 2.05) is 24.3 Å². The van der Waals surface area contributed by atoms with E-state index >= 15 is 0 Å². The van der Waals surface area contributed by atoms with Gasteiger partial charge >= 0.3 is 5.69 Å². The third-order valence-electron chi connectivity index (χ3n) is 2.88. The summed E-state index contributed by atoms with van der Waals surface area (Å²) in [7, 11) is 1.63. The molecule has 0 spiro atoms. The van der Waals surface area contributed by atoms with Gasteiger partial charge < -0.3 is 10.1 Å². The Morgan fingerprint density at radius 3 is 3.10 bits per heavy atom. The van der Waals surface area contributed by atoms with Crippen molar-refractivity contribution in [1.29, 1.82) is 0 Å². The molecule has 3 rings (SSSR count). The first-order chi connectivity index (χ1) is 9.76. The van der Waals surface area contributed by atoms with Crippen LogP contribution in [0.15, 0.2) is 41.2 Å². The molecule has 0 aliphatic rings. The summed E-state index contributed by atoms with van der Waals surface area (Å²) in [4.78, 5) is 11.4. The average Bonchev–Trinajstić information content (AvgIpc) is 2.86. The summed E-state index contributed by atoms with van der Waals surface area (Å²) in [6.07, 6.45) is 0. The van der Waals surface area contributed by atoms with Crippen LogP contribution < -0.4 is 15.7 Å². The summed E-state index contributed by atoms with van der Waals surface area (Å²) in [6.45, 7) is 0.586. The van der Waals surface area contributed by atoms with Crippen LogP contribution in [0.3, 0.4) is 0 Å². The maximum absolute atomic E-state index is 11.4. The Bertz CT molecular complexity index is 793. The maximum Gasteiger partial charge on any atom is 0.364 e. The molecule has 2 aromatic heterocycles. The van der Waals surface area contributed by atoms with Crippen LogP contribution >= 0.6 is 0 Å². The normalized spacial score (nSPS) is 10.7. The number of nitrogens with one attached hydrogen (secondary N) is 2. The van der Waals surface area contributed by atoms with Crippen LogP contribution in [0.4, 0.5) is 5.82 Å². The van der Waals surface area contributed by atoms with Gasteiger partial charge in [-0.2, -0.15) is 9.61 Å². The first kappa shape index (κ1) is 12.2. The standard InChI is InChI=1S/C13H13N5O2/c1-20-10-4-2-3-9(7-10)8-14-11-5-6-12-15-16-13(19)18(12)17-11/h2-7H,8H2,1H3,(H,14,17)(H,16,19). The Kier molecular flexibility index (Phi) is 3.08. The Morgan fingerprint density at radius 1 is 1.35 bits per heavy atom. The lowest BCUT2D eigenvalue weighted by Crippen LogP contribution is -2.13. The Hall–Kier alpha value is -2.83. The highest BCUT2D eigenvalue weighted by molar-refractivity contribution is 5.43. The fraction of sp³-hybridized carbons (Fsp3) is 0.154. The molecule has 0 unspecified atom stereocenters. The van der Waals surface area contributed by atoms with Crippen LogP contribution in [-0.2, 0) is 6.54 Å². The molecule has 0 aliphatic heterocycles. The number of hydrogen-bond donors (Lipinski definition) is 2. The minimum Gasteiger partial charge on any atom is -0.497 e. The number of ether oxygens (including phenoxy) is 1. The quantitative estimate of drug-likeness (QED) is 0.740. The number of anilines is 1. The van der Waals surface area contributed by atoms with Gasteiger partial charge in [-0.3, -0.25) is 0 Å². The molecule has 0 bridgehead atoms. The minimum atomic E-state index is -0.356. The van der Waals surface area contributed by atoms with Gasteiger partial charge in [0, 0.05) is 6.54 Å². The number of hydrogen-bond acceptors (Lipinski definition) is 5. The highest BCUT2D eigenvalue weighted by atomic mass is 16.5. The molecule has 0 saturated carbocycles. The van der Waals surface area contributed by atoms with E-state index in [0.717, 1.165) is 11.3 Å². The van der Waals surface area contributed by atoms with Crippen molar-refractivity contribution in [3.05, 3.63) is 52.4 Å². The van der Waals surface area contributed by atoms with Crippen molar-refractivity contribution >= 4 is 11.5 Å². The molecule has 2 heterocycles. The molecule has 0 atom stereocenters. The van der Waals surface area contributed by atoms with Crippen LogP contribution in [0, 0.1) is 0 Å². The molecule has 0 amide bonds. The molecule has 1 aromatic carbocycles. The third-order valence-corrected chi connectivity index (χ3v) is 2.88. The number of benzene rings is 1. The van der Waals surface area contributed by atoms with Gasteiger partial charge in [-0.1, -0.05) is 12.1 Å². The number of methoxy groups -OCH3 is 1. The lowest BCUT2D eigenvalue weighted by molar-refractivity contribution is 0.414. The predicted molar refractivity (Wildman–Crippen MR) is 73.9 cm³/mol. The zero-order valence-electron chi connectivity index (χ0n) is 10.8. The summed E-state index contributed by atoms with van der Waals surface area (Å²) in [5, 5.41) is 13.5. The van der Waals surface area contributed by atoms with Crippen LogP contribution in [-0.4, -0.2) is 26.9 Å². The van der Waals surface area contributed by atoms with Crippen molar-refractivity contribution < 1.29 is 4.74 Å². The summed E-state index contributed by atoms with van der Waals surface area (Å²) in [5.74, 6) is 1.41. The largest absolute Gasteiger partial charge is 0.497 e. The van der Waals surface area contributed by atoms with Crippen molar-refractivity contribution in [2.75, 3.05) is 12.4 Å². The number of aromatic nitrogens is 4. The van der Waals surface area contributed by atoms with Crippen molar-refractivity contribution in [1.82, 2.24) is 19.8 Å². The first-order valence-electron chi connectivity index (χ1n) is 6.07. The second kappa shape index (κ2) is 5.04. The topological polar surface area (TPSA) is 84.3 Å². The number of fused-ring (bicyclic) bond motifs is 1. The average molecular weight is 271 g/mol. The van der Waals surface area contributed by atoms with Crippen LogP contribution in [0.25, 0.3) is 5.65 Å². The molecule has 2 N–H and O–H groups in total. The number of aromatic amines is 1. The molecule has 7 heteroatoms. The molecule has 20 heavy (non-hydrogen) atoms. The van der Waals surface area contributed by atoms with Crippen molar-refractivity contribution in [3.63, 3.8) is 0 Å². The molecule has 102 valence electrons. The minimum absolute atomic E-state index is 0.356. The van der Waals surface area contributed by atoms with E-state index in [9.17, 15) is 4.79 Å². The van der Waals surface area contributed by atoms with Crippen LogP contribution in [0.5, 0.6) is 5.75 Å². The lowest BCUT2D eigenvalue weighted by Gasteiger charge is -2.07. The van der Waals surface area contributed by atoms with Crippen molar-refractivity contribution in [2.24, 2.45) is 0 Å². The first-order valence-corrected chi connectivity index (χ1v) is 6.07. The maximum atomic E-state index is 11.4. The van der Waals surface area contributed by atoms with E-state index in [2.05, 4.69) is 20.6 Å². The van der Waals surface area contributed by atoms with E-state index < -0.39 is 0 Å². The predicted octanol–water partition coefficient (Wildman–Crippen LogP) is 1.04. The second-order valence-corrected chi connectivity index (χ2v) is 4.22. The number of H-pyrrole nitrogens is 1. The number of nitrogens with zero attached hydrogens (tertiary/aromatic N) is 3. The van der Waals surface area contributed by atoms with Crippen LogP contribution in [0.1, 0.15) is 5.56 Å². The summed E-state index contributed by atoms with van der Waals surface area (Å²) in [5.41, 5.74) is 1.19. The Balaban J connectivity index is 1.79. The highest BCUT2D eigenvalue weighted by Crippen LogP contribution is 2.13. The molecule has 7 nitrogen and oxygen atoms in total. The van der Waals surface area contributed by atoms with Crippen molar-refractivity contribution in [2.45, 2.75) is 6.54 Å². The molecule has 3 aromatic rings. The summed E-state index contributed by atoms with van der Waals surface area (Å²) < 4.78 is 6.38. The van der Waals surface area contributed by atoms with Gasteiger partial charge in [0.1, 0.15) is 11.6 Å². The lowest BCUT2D eigenvalue weighted by atomic mass is 10.2. The number of rotatable bonds is 4. The Morgan fingerprint density at radius 2 is 2.25 bits per heavy atom. The Labute approximate surface area is 114 Å². The van der Waals surface area contributed by atoms with Gasteiger partial charge in [0.25, 0.3) is 0 Å². The molecular weight excluding hydrogens is 258 g/mol. The van der Waals surface area contributed by atoms with Gasteiger partial charge in [-0.15, -0.1) is 5.10 Å². The summed E-state index contributed by atoms with van der Waals surface area (Å²) >= 11 is 0. The van der Waals surface area contributed by atoms with Gasteiger partial charge in [0.15, 0.2) is 5.65 Å². The van der Waals surface area contributed by atoms with Crippen molar-refractivity contribution in [3.8, 4) is 5.75 Å². The SMILES string of the molecule is COc1cccc(CNc2ccc3n[nH]c(=O)n3n2)c1. The van der Waals surface area contributed by atoms with Gasteiger partial charge in [-0.05, 0) is 29.8 Å². The third kappa shape index (κ3) is 2.33. The zero-order valence-corrected chi connectivity index (χ0v) is 10.8. The summed E-state index contributed by atoms with van der Waals surface area (Å²) in [6, 6.07) is 11.2. The molecule has 0 saturated heterocycles. The van der Waals surface area contributed by atoms with Gasteiger partial charge in [0.05, 0.1) is 7.11 Å². The van der Waals surface area contributed by atoms with Gasteiger partial charge in [0.2, 0.25) is 0 Å².